The molecule has 90 valence electrons. The number of carbonyl (C=O) groups excluding carboxylic acids is 1. The number of carbonyl (C=O) groups is 1. The van der Waals surface area contributed by atoms with Gasteiger partial charge in [0.2, 0.25) is 0 Å². The van der Waals surface area contributed by atoms with E-state index in [-0.39, 0.29) is 11.7 Å². The van der Waals surface area contributed by atoms with Gasteiger partial charge in [0.25, 0.3) is 0 Å². The molecule has 1 aromatic carbocycles. The fraction of sp³-hybridized carbons (Fsp3) is 0. The number of aromatic nitrogens is 2. The number of anilines is 1. The molecule has 0 amide bonds. The van der Waals surface area contributed by atoms with Gasteiger partial charge >= 0.3 is 5.91 Å². The Labute approximate surface area is 110 Å². The van der Waals surface area contributed by atoms with Crippen molar-refractivity contribution in [2.75, 3.05) is 5.73 Å². The molecule has 3 rings (SSSR count). The smallest absolute Gasteiger partial charge is 0.313 e. The van der Waals surface area contributed by atoms with E-state index in [4.69, 9.17) is 10.2 Å². The number of fused-ring (bicyclic) bond motifs is 1. The fourth-order valence-electron chi connectivity index (χ4n) is 1.67. The highest BCUT2D eigenvalue weighted by molar-refractivity contribution is 9.10. The number of hydrogen-bond acceptors (Lipinski definition) is 4. The first kappa shape index (κ1) is 11.0. The molecule has 0 fully saturated rings. The molecule has 2 N–H and O–H groups in total. The minimum Gasteiger partial charge on any atom is -0.451 e. The van der Waals surface area contributed by atoms with Crippen molar-refractivity contribution in [3.8, 4) is 0 Å². The van der Waals surface area contributed by atoms with Crippen molar-refractivity contribution in [3.05, 3.63) is 46.9 Å². The second kappa shape index (κ2) is 3.99. The minimum atomic E-state index is -0.348. The van der Waals surface area contributed by atoms with Gasteiger partial charge < -0.3 is 10.2 Å². The normalized spacial score (nSPS) is 10.9. The standard InChI is InChI=1S/C12H8BrN3O2/c13-8-2-1-7-3-11(18-10(7)4-8)12(17)16-6-9(14)5-15-16/h1-6H,14H2. The summed E-state index contributed by atoms with van der Waals surface area (Å²) in [6.45, 7) is 0. The summed E-state index contributed by atoms with van der Waals surface area (Å²) in [6, 6.07) is 7.25. The van der Waals surface area contributed by atoms with Gasteiger partial charge in [-0.2, -0.15) is 9.78 Å². The van der Waals surface area contributed by atoms with E-state index < -0.39 is 0 Å². The molecule has 3 aromatic rings. The molecule has 18 heavy (non-hydrogen) atoms. The summed E-state index contributed by atoms with van der Waals surface area (Å²) in [4.78, 5) is 12.1. The van der Waals surface area contributed by atoms with Crippen molar-refractivity contribution in [1.82, 2.24) is 9.78 Å². The number of nitrogen functional groups attached to an aromatic ring is 1. The van der Waals surface area contributed by atoms with Crippen molar-refractivity contribution in [2.24, 2.45) is 0 Å². The lowest BCUT2D eigenvalue weighted by atomic mass is 10.2. The SMILES string of the molecule is Nc1cnn(C(=O)c2cc3ccc(Br)cc3o2)c1. The van der Waals surface area contributed by atoms with Gasteiger partial charge in [0.1, 0.15) is 5.58 Å². The lowest BCUT2D eigenvalue weighted by molar-refractivity contribution is 0.0919. The number of benzene rings is 1. The van der Waals surface area contributed by atoms with E-state index in [9.17, 15) is 4.79 Å². The highest BCUT2D eigenvalue weighted by Gasteiger charge is 2.15. The maximum absolute atomic E-state index is 12.1. The summed E-state index contributed by atoms with van der Waals surface area (Å²) in [5, 5.41) is 4.72. The van der Waals surface area contributed by atoms with E-state index in [2.05, 4.69) is 21.0 Å². The van der Waals surface area contributed by atoms with Crippen LogP contribution in [0.15, 0.2) is 45.5 Å². The number of nitrogens with two attached hydrogens (primary N) is 1. The predicted octanol–water partition coefficient (Wildman–Crippen LogP) is 2.66. The molecule has 0 atom stereocenters. The van der Waals surface area contributed by atoms with Crippen LogP contribution in [0.3, 0.4) is 0 Å². The number of nitrogens with zero attached hydrogens (tertiary/aromatic N) is 2. The van der Waals surface area contributed by atoms with Crippen molar-refractivity contribution in [2.45, 2.75) is 0 Å². The zero-order valence-corrected chi connectivity index (χ0v) is 10.7. The Balaban J connectivity index is 2.06. The summed E-state index contributed by atoms with van der Waals surface area (Å²) < 4.78 is 7.54. The zero-order valence-electron chi connectivity index (χ0n) is 9.13. The summed E-state index contributed by atoms with van der Waals surface area (Å²) >= 11 is 3.35. The average molecular weight is 306 g/mol. The summed E-state index contributed by atoms with van der Waals surface area (Å²) in [5.74, 6) is -0.120. The zero-order chi connectivity index (χ0) is 12.7. The van der Waals surface area contributed by atoms with E-state index in [1.807, 2.05) is 18.2 Å². The molecule has 0 radical (unpaired) electrons. The third-order valence-electron chi connectivity index (χ3n) is 2.50. The molecule has 0 saturated carbocycles. The van der Waals surface area contributed by atoms with Crippen LogP contribution in [0.25, 0.3) is 11.0 Å². The van der Waals surface area contributed by atoms with Crippen LogP contribution in [-0.4, -0.2) is 15.7 Å². The fourth-order valence-corrected chi connectivity index (χ4v) is 2.01. The maximum atomic E-state index is 12.1. The maximum Gasteiger partial charge on any atom is 0.313 e. The quantitative estimate of drug-likeness (QED) is 0.750. The largest absolute Gasteiger partial charge is 0.451 e. The van der Waals surface area contributed by atoms with E-state index in [0.29, 0.717) is 11.3 Å². The molecule has 0 saturated heterocycles. The third-order valence-corrected chi connectivity index (χ3v) is 3.00. The Hall–Kier alpha value is -2.08. The Morgan fingerprint density at radius 1 is 1.39 bits per heavy atom. The number of hydrogen-bond donors (Lipinski definition) is 1. The van der Waals surface area contributed by atoms with Crippen LogP contribution >= 0.6 is 15.9 Å². The van der Waals surface area contributed by atoms with Crippen LogP contribution < -0.4 is 5.73 Å². The topological polar surface area (TPSA) is 74.0 Å². The van der Waals surface area contributed by atoms with Crippen LogP contribution in [0.4, 0.5) is 5.69 Å². The van der Waals surface area contributed by atoms with E-state index in [1.165, 1.54) is 12.4 Å². The van der Waals surface area contributed by atoms with Gasteiger partial charge in [0, 0.05) is 9.86 Å². The van der Waals surface area contributed by atoms with Gasteiger partial charge in [-0.3, -0.25) is 4.79 Å². The first-order valence-electron chi connectivity index (χ1n) is 5.17. The van der Waals surface area contributed by atoms with Crippen molar-refractivity contribution in [3.63, 3.8) is 0 Å². The Bertz CT molecular complexity index is 745. The van der Waals surface area contributed by atoms with Crippen molar-refractivity contribution in [1.29, 1.82) is 0 Å². The Morgan fingerprint density at radius 3 is 2.94 bits per heavy atom. The summed E-state index contributed by atoms with van der Waals surface area (Å²) in [5.41, 5.74) is 6.60. The highest BCUT2D eigenvalue weighted by atomic mass is 79.9. The van der Waals surface area contributed by atoms with Gasteiger partial charge in [-0.15, -0.1) is 0 Å². The molecular weight excluding hydrogens is 298 g/mol. The van der Waals surface area contributed by atoms with Crippen molar-refractivity contribution < 1.29 is 9.21 Å². The average Bonchev–Trinajstić information content (AvgIpc) is 2.93. The molecule has 5 nitrogen and oxygen atoms in total. The third kappa shape index (κ3) is 1.80. The molecule has 2 heterocycles. The Kier molecular flexibility index (Phi) is 2.45. The molecule has 0 bridgehead atoms. The van der Waals surface area contributed by atoms with Crippen LogP contribution in [0.1, 0.15) is 10.6 Å². The molecule has 0 unspecified atom stereocenters. The van der Waals surface area contributed by atoms with Crippen LogP contribution in [0, 0.1) is 0 Å². The van der Waals surface area contributed by atoms with Gasteiger partial charge in [0.05, 0.1) is 18.1 Å². The first-order chi connectivity index (χ1) is 8.63. The lowest BCUT2D eigenvalue weighted by Crippen LogP contribution is -2.11. The van der Waals surface area contributed by atoms with E-state index in [1.54, 1.807) is 6.07 Å². The minimum absolute atomic E-state index is 0.228. The van der Waals surface area contributed by atoms with Crippen LogP contribution in [0.2, 0.25) is 0 Å². The van der Waals surface area contributed by atoms with Crippen LogP contribution in [0.5, 0.6) is 0 Å². The predicted molar refractivity (Wildman–Crippen MR) is 70.3 cm³/mol. The molecule has 0 aliphatic carbocycles. The second-order valence-corrected chi connectivity index (χ2v) is 4.73. The van der Waals surface area contributed by atoms with E-state index in [0.717, 1.165) is 14.5 Å². The molecule has 0 aliphatic rings. The number of halogens is 1. The molecule has 0 aliphatic heterocycles. The summed E-state index contributed by atoms with van der Waals surface area (Å²) in [7, 11) is 0. The number of rotatable bonds is 1. The highest BCUT2D eigenvalue weighted by Crippen LogP contribution is 2.23. The van der Waals surface area contributed by atoms with Gasteiger partial charge in [-0.25, -0.2) is 0 Å². The monoisotopic (exact) mass is 305 g/mol. The molecule has 6 heteroatoms. The van der Waals surface area contributed by atoms with Gasteiger partial charge in [-0.05, 0) is 24.3 Å². The van der Waals surface area contributed by atoms with Crippen molar-refractivity contribution >= 4 is 38.5 Å². The number of furan rings is 1. The first-order valence-corrected chi connectivity index (χ1v) is 5.97. The Morgan fingerprint density at radius 2 is 2.22 bits per heavy atom. The lowest BCUT2D eigenvalue weighted by Gasteiger charge is -1.94. The molecule has 0 spiro atoms. The summed E-state index contributed by atoms with van der Waals surface area (Å²) in [6.07, 6.45) is 2.86. The van der Waals surface area contributed by atoms with Gasteiger partial charge in [0.15, 0.2) is 5.76 Å². The van der Waals surface area contributed by atoms with E-state index >= 15 is 0 Å². The molecular formula is C12H8BrN3O2. The molecule has 2 aromatic heterocycles. The second-order valence-electron chi connectivity index (χ2n) is 3.82. The van der Waals surface area contributed by atoms with Gasteiger partial charge in [-0.1, -0.05) is 15.9 Å². The van der Waals surface area contributed by atoms with Crippen LogP contribution in [-0.2, 0) is 0 Å².